The van der Waals surface area contributed by atoms with E-state index in [0.717, 1.165) is 12.8 Å². The summed E-state index contributed by atoms with van der Waals surface area (Å²) in [5, 5.41) is 0. The van der Waals surface area contributed by atoms with Crippen molar-refractivity contribution < 1.29 is 22.7 Å². The van der Waals surface area contributed by atoms with E-state index in [2.05, 4.69) is 4.74 Å². The lowest BCUT2D eigenvalue weighted by atomic mass is 10.3. The van der Waals surface area contributed by atoms with Gasteiger partial charge in [0.15, 0.2) is 9.84 Å². The van der Waals surface area contributed by atoms with Crippen LogP contribution < -0.4 is 0 Å². The van der Waals surface area contributed by atoms with E-state index in [-0.39, 0.29) is 24.0 Å². The normalized spacial score (nSPS) is 21.5. The Hall–Kier alpha value is -0.620. The quantitative estimate of drug-likeness (QED) is 0.635. The molecule has 5 nitrogen and oxygen atoms in total. The van der Waals surface area contributed by atoms with Crippen molar-refractivity contribution in [1.29, 1.82) is 0 Å². The second-order valence-corrected chi connectivity index (χ2v) is 5.80. The summed E-state index contributed by atoms with van der Waals surface area (Å²) in [6, 6.07) is 0. The number of hydrogen-bond acceptors (Lipinski definition) is 5. The van der Waals surface area contributed by atoms with Gasteiger partial charge >= 0.3 is 5.97 Å². The Kier molecular flexibility index (Phi) is 4.53. The molecule has 1 saturated heterocycles. The maximum atomic E-state index is 11.5. The van der Waals surface area contributed by atoms with Gasteiger partial charge in [-0.15, -0.1) is 0 Å². The lowest BCUT2D eigenvalue weighted by molar-refractivity contribution is -0.140. The molecular weight excluding hydrogens is 220 g/mol. The number of hydrogen-bond donors (Lipinski definition) is 0. The molecule has 1 heterocycles. The number of ether oxygens (including phenoxy) is 2. The van der Waals surface area contributed by atoms with Gasteiger partial charge in [0, 0.05) is 6.61 Å². The van der Waals surface area contributed by atoms with E-state index in [1.54, 1.807) is 0 Å². The SMILES string of the molecule is COC(=O)CCS(=O)(=O)CC1CCCO1. The van der Waals surface area contributed by atoms with E-state index < -0.39 is 15.8 Å². The third kappa shape index (κ3) is 4.61. The summed E-state index contributed by atoms with van der Waals surface area (Å²) >= 11 is 0. The van der Waals surface area contributed by atoms with E-state index >= 15 is 0 Å². The fourth-order valence-corrected chi connectivity index (χ4v) is 2.96. The van der Waals surface area contributed by atoms with Crippen LogP contribution in [0.2, 0.25) is 0 Å². The first-order chi connectivity index (χ1) is 7.03. The molecule has 1 aliphatic heterocycles. The van der Waals surface area contributed by atoms with Crippen LogP contribution in [-0.2, 0) is 24.1 Å². The van der Waals surface area contributed by atoms with Crippen molar-refractivity contribution in [3.05, 3.63) is 0 Å². The molecule has 1 aliphatic rings. The minimum Gasteiger partial charge on any atom is -0.469 e. The fraction of sp³-hybridized carbons (Fsp3) is 0.889. The highest BCUT2D eigenvalue weighted by atomic mass is 32.2. The first-order valence-corrected chi connectivity index (χ1v) is 6.74. The van der Waals surface area contributed by atoms with Crippen LogP contribution in [0.1, 0.15) is 19.3 Å². The molecule has 15 heavy (non-hydrogen) atoms. The Morgan fingerprint density at radius 2 is 2.27 bits per heavy atom. The van der Waals surface area contributed by atoms with E-state index in [9.17, 15) is 13.2 Å². The largest absolute Gasteiger partial charge is 0.469 e. The van der Waals surface area contributed by atoms with Crippen LogP contribution in [0.15, 0.2) is 0 Å². The maximum Gasteiger partial charge on any atom is 0.306 e. The molecule has 0 aromatic carbocycles. The van der Waals surface area contributed by atoms with Crippen LogP contribution in [0, 0.1) is 0 Å². The Morgan fingerprint density at radius 3 is 2.80 bits per heavy atom. The van der Waals surface area contributed by atoms with Gasteiger partial charge < -0.3 is 9.47 Å². The molecule has 0 spiro atoms. The minimum atomic E-state index is -3.20. The summed E-state index contributed by atoms with van der Waals surface area (Å²) in [7, 11) is -1.95. The molecular formula is C9H16O5S. The number of esters is 1. The number of carbonyl (C=O) groups excluding carboxylic acids is 1. The van der Waals surface area contributed by atoms with Gasteiger partial charge in [-0.2, -0.15) is 0 Å². The molecule has 1 rings (SSSR count). The molecule has 0 amide bonds. The molecule has 0 aliphatic carbocycles. The predicted octanol–water partition coefficient (Wildman–Crippen LogP) is 0.143. The topological polar surface area (TPSA) is 69.7 Å². The summed E-state index contributed by atoms with van der Waals surface area (Å²) in [5.41, 5.74) is 0. The van der Waals surface area contributed by atoms with Gasteiger partial charge in [0.1, 0.15) is 0 Å². The van der Waals surface area contributed by atoms with Crippen molar-refractivity contribution in [1.82, 2.24) is 0 Å². The summed E-state index contributed by atoms with van der Waals surface area (Å²) in [5.74, 6) is -0.630. The lowest BCUT2D eigenvalue weighted by Gasteiger charge is -2.09. The molecule has 1 atom stereocenters. The smallest absolute Gasteiger partial charge is 0.306 e. The van der Waals surface area contributed by atoms with E-state index in [1.165, 1.54) is 7.11 Å². The molecule has 1 unspecified atom stereocenters. The predicted molar refractivity (Wildman–Crippen MR) is 54.3 cm³/mol. The van der Waals surface area contributed by atoms with Gasteiger partial charge in [0.05, 0.1) is 31.1 Å². The zero-order chi connectivity index (χ0) is 11.3. The summed E-state index contributed by atoms with van der Waals surface area (Å²) in [6.45, 7) is 0.636. The fourth-order valence-electron chi connectivity index (χ4n) is 1.48. The number of carbonyl (C=O) groups is 1. The van der Waals surface area contributed by atoms with Crippen LogP contribution in [0.5, 0.6) is 0 Å². The minimum absolute atomic E-state index is 0.0179. The molecule has 88 valence electrons. The van der Waals surface area contributed by atoms with Crippen LogP contribution in [0.4, 0.5) is 0 Å². The van der Waals surface area contributed by atoms with Crippen LogP contribution in [0.25, 0.3) is 0 Å². The zero-order valence-electron chi connectivity index (χ0n) is 8.77. The molecule has 0 N–H and O–H groups in total. The van der Waals surface area contributed by atoms with E-state index in [1.807, 2.05) is 0 Å². The number of rotatable bonds is 5. The Bertz CT molecular complexity index is 302. The van der Waals surface area contributed by atoms with Crippen molar-refractivity contribution in [3.8, 4) is 0 Å². The Labute approximate surface area is 89.7 Å². The van der Waals surface area contributed by atoms with Crippen LogP contribution in [0.3, 0.4) is 0 Å². The van der Waals surface area contributed by atoms with Crippen molar-refractivity contribution in [2.24, 2.45) is 0 Å². The van der Waals surface area contributed by atoms with Gasteiger partial charge in [0.2, 0.25) is 0 Å². The molecule has 6 heteroatoms. The van der Waals surface area contributed by atoms with Crippen molar-refractivity contribution in [3.63, 3.8) is 0 Å². The summed E-state index contributed by atoms with van der Waals surface area (Å²) in [4.78, 5) is 10.8. The standard InChI is InChI=1S/C9H16O5S/c1-13-9(10)4-6-15(11,12)7-8-3-2-5-14-8/h8H,2-7H2,1H3. The van der Waals surface area contributed by atoms with Crippen LogP contribution in [-0.4, -0.2) is 45.7 Å². The first-order valence-electron chi connectivity index (χ1n) is 4.92. The van der Waals surface area contributed by atoms with E-state index in [4.69, 9.17) is 4.74 Å². The summed E-state index contributed by atoms with van der Waals surface area (Å²) < 4.78 is 32.6. The second kappa shape index (κ2) is 5.46. The third-order valence-electron chi connectivity index (χ3n) is 2.31. The maximum absolute atomic E-state index is 11.5. The average Bonchev–Trinajstić information content (AvgIpc) is 2.66. The van der Waals surface area contributed by atoms with Crippen LogP contribution >= 0.6 is 0 Å². The second-order valence-electron chi connectivity index (χ2n) is 3.58. The first kappa shape index (κ1) is 12.4. The van der Waals surface area contributed by atoms with Gasteiger partial charge in [0.25, 0.3) is 0 Å². The summed E-state index contributed by atoms with van der Waals surface area (Å²) in [6.07, 6.45) is 1.44. The van der Waals surface area contributed by atoms with Crippen molar-refractivity contribution >= 4 is 15.8 Å². The number of methoxy groups -OCH3 is 1. The third-order valence-corrected chi connectivity index (χ3v) is 4.01. The van der Waals surface area contributed by atoms with Gasteiger partial charge in [-0.1, -0.05) is 0 Å². The average molecular weight is 236 g/mol. The van der Waals surface area contributed by atoms with E-state index in [0.29, 0.717) is 6.61 Å². The van der Waals surface area contributed by atoms with Gasteiger partial charge in [-0.3, -0.25) is 4.79 Å². The monoisotopic (exact) mass is 236 g/mol. The van der Waals surface area contributed by atoms with Gasteiger partial charge in [-0.25, -0.2) is 8.42 Å². The Balaban J connectivity index is 2.34. The molecule has 0 saturated carbocycles. The van der Waals surface area contributed by atoms with Crippen molar-refractivity contribution in [2.45, 2.75) is 25.4 Å². The molecule has 0 bridgehead atoms. The zero-order valence-corrected chi connectivity index (χ0v) is 9.59. The highest BCUT2D eigenvalue weighted by Crippen LogP contribution is 2.14. The number of sulfone groups is 1. The van der Waals surface area contributed by atoms with Crippen molar-refractivity contribution in [2.75, 3.05) is 25.2 Å². The molecule has 0 radical (unpaired) electrons. The molecule has 0 aromatic rings. The highest BCUT2D eigenvalue weighted by molar-refractivity contribution is 7.91. The lowest BCUT2D eigenvalue weighted by Crippen LogP contribution is -2.23. The molecule has 0 aromatic heterocycles. The highest BCUT2D eigenvalue weighted by Gasteiger charge is 2.23. The van der Waals surface area contributed by atoms with Gasteiger partial charge in [-0.05, 0) is 12.8 Å². The molecule has 1 fully saturated rings. The Morgan fingerprint density at radius 1 is 1.53 bits per heavy atom.